The Morgan fingerprint density at radius 2 is 1.87 bits per heavy atom. The number of phenols is 1. The maximum Gasteiger partial charge on any atom is 0.189 e. The molecule has 0 saturated carbocycles. The third-order valence-corrected chi connectivity index (χ3v) is 3.80. The first-order valence-corrected chi connectivity index (χ1v) is 7.13. The Kier molecular flexibility index (Phi) is 4.69. The number of carbonyl (C=O) groups is 4. The van der Waals surface area contributed by atoms with Crippen LogP contribution in [0.3, 0.4) is 0 Å². The van der Waals surface area contributed by atoms with Gasteiger partial charge in [0, 0.05) is 23.1 Å². The van der Waals surface area contributed by atoms with Crippen molar-refractivity contribution in [1.29, 1.82) is 0 Å². The van der Waals surface area contributed by atoms with Crippen LogP contribution in [0.5, 0.6) is 5.75 Å². The molecule has 1 aromatic rings. The first-order valence-electron chi connectivity index (χ1n) is 7.13. The Morgan fingerprint density at radius 3 is 2.52 bits per heavy atom. The third kappa shape index (κ3) is 3.51. The zero-order valence-electron chi connectivity index (χ0n) is 12.7. The first-order chi connectivity index (χ1) is 10.8. The van der Waals surface area contributed by atoms with Crippen molar-refractivity contribution in [2.75, 3.05) is 0 Å². The second-order valence-corrected chi connectivity index (χ2v) is 5.43. The third-order valence-electron chi connectivity index (χ3n) is 3.80. The van der Waals surface area contributed by atoms with Crippen molar-refractivity contribution in [3.05, 3.63) is 53.6 Å². The summed E-state index contributed by atoms with van der Waals surface area (Å²) in [5.41, 5.74) is 0.207. The lowest BCUT2D eigenvalue weighted by atomic mass is 9.85. The van der Waals surface area contributed by atoms with Gasteiger partial charge in [-0.1, -0.05) is 6.58 Å². The topological polar surface area (TPSA) is 88.5 Å². The van der Waals surface area contributed by atoms with Crippen LogP contribution in [0.2, 0.25) is 0 Å². The van der Waals surface area contributed by atoms with E-state index >= 15 is 0 Å². The second kappa shape index (κ2) is 6.52. The van der Waals surface area contributed by atoms with Gasteiger partial charge in [-0.3, -0.25) is 19.2 Å². The number of hydrogen-bond acceptors (Lipinski definition) is 5. The minimum atomic E-state index is -0.779. The van der Waals surface area contributed by atoms with E-state index < -0.39 is 11.7 Å². The molecule has 0 spiro atoms. The number of rotatable bonds is 4. The molecule has 0 bridgehead atoms. The summed E-state index contributed by atoms with van der Waals surface area (Å²) in [7, 11) is 0. The van der Waals surface area contributed by atoms with E-state index in [1.807, 2.05) is 0 Å². The smallest absolute Gasteiger partial charge is 0.189 e. The van der Waals surface area contributed by atoms with E-state index in [9.17, 15) is 24.3 Å². The van der Waals surface area contributed by atoms with Gasteiger partial charge in [0.25, 0.3) is 0 Å². The van der Waals surface area contributed by atoms with E-state index in [4.69, 9.17) is 0 Å². The molecule has 1 aliphatic rings. The van der Waals surface area contributed by atoms with Crippen molar-refractivity contribution in [1.82, 2.24) is 0 Å². The lowest BCUT2D eigenvalue weighted by Gasteiger charge is -2.15. The molecule has 0 heterocycles. The molecule has 0 radical (unpaired) electrons. The summed E-state index contributed by atoms with van der Waals surface area (Å²) in [5, 5.41) is 9.48. The number of aromatic hydroxyl groups is 1. The Morgan fingerprint density at radius 1 is 1.17 bits per heavy atom. The standard InChI is InChI=1S/C18H16O5/c1-10(14-6-3-12(20)5-8-17(14)22)18(23)15-7-4-13(21)9-16(15)11(2)19/h4-5,7-9,14,21H,1,3,6H2,2H3. The van der Waals surface area contributed by atoms with E-state index in [2.05, 4.69) is 6.58 Å². The van der Waals surface area contributed by atoms with Crippen LogP contribution in [0.1, 0.15) is 40.5 Å². The molecule has 1 N–H and O–H groups in total. The number of hydrogen-bond donors (Lipinski definition) is 1. The number of ketones is 4. The van der Waals surface area contributed by atoms with Gasteiger partial charge < -0.3 is 5.11 Å². The maximum atomic E-state index is 12.6. The highest BCUT2D eigenvalue weighted by molar-refractivity contribution is 6.18. The molecule has 5 nitrogen and oxygen atoms in total. The van der Waals surface area contributed by atoms with Crippen LogP contribution in [0, 0.1) is 5.92 Å². The van der Waals surface area contributed by atoms with Gasteiger partial charge in [-0.25, -0.2) is 0 Å². The molecule has 1 aromatic carbocycles. The lowest BCUT2D eigenvalue weighted by molar-refractivity contribution is -0.117. The largest absolute Gasteiger partial charge is 0.508 e. The minimum Gasteiger partial charge on any atom is -0.508 e. The normalized spacial score (nSPS) is 17.7. The van der Waals surface area contributed by atoms with E-state index in [0.717, 1.165) is 0 Å². The molecule has 0 fully saturated rings. The fraction of sp³-hybridized carbons (Fsp3) is 0.222. The van der Waals surface area contributed by atoms with Crippen LogP contribution < -0.4 is 0 Å². The minimum absolute atomic E-state index is 0.0440. The van der Waals surface area contributed by atoms with Crippen molar-refractivity contribution < 1.29 is 24.3 Å². The van der Waals surface area contributed by atoms with Crippen LogP contribution in [0.25, 0.3) is 0 Å². The van der Waals surface area contributed by atoms with Gasteiger partial charge in [-0.2, -0.15) is 0 Å². The molecule has 23 heavy (non-hydrogen) atoms. The van der Waals surface area contributed by atoms with Gasteiger partial charge in [0.05, 0.1) is 5.92 Å². The van der Waals surface area contributed by atoms with Gasteiger partial charge in [0.1, 0.15) is 5.75 Å². The molecule has 5 heteroatoms. The molecular formula is C18H16O5. The highest BCUT2D eigenvalue weighted by Crippen LogP contribution is 2.26. The number of Topliss-reactive ketones (excluding diaryl/α,β-unsaturated/α-hetero) is 2. The molecule has 0 amide bonds. The summed E-state index contributed by atoms with van der Waals surface area (Å²) in [4.78, 5) is 47.7. The van der Waals surface area contributed by atoms with Gasteiger partial charge in [0.2, 0.25) is 0 Å². The predicted molar refractivity (Wildman–Crippen MR) is 83.5 cm³/mol. The number of phenolic OH excluding ortho intramolecular Hbond substituents is 1. The molecule has 2 rings (SSSR count). The molecule has 118 valence electrons. The van der Waals surface area contributed by atoms with E-state index in [0.29, 0.717) is 0 Å². The van der Waals surface area contributed by atoms with Gasteiger partial charge in [-0.15, -0.1) is 0 Å². The van der Waals surface area contributed by atoms with Crippen molar-refractivity contribution in [2.45, 2.75) is 19.8 Å². The summed E-state index contributed by atoms with van der Waals surface area (Å²) in [6.07, 6.45) is 2.75. The molecule has 1 unspecified atom stereocenters. The number of allylic oxidation sites excluding steroid dienone is 3. The average Bonchev–Trinajstić information content (AvgIpc) is 2.67. The van der Waals surface area contributed by atoms with Gasteiger partial charge in [-0.05, 0) is 43.7 Å². The molecular weight excluding hydrogens is 296 g/mol. The quantitative estimate of drug-likeness (QED) is 0.681. The Hall–Kier alpha value is -2.82. The molecule has 1 atom stereocenters. The highest BCUT2D eigenvalue weighted by atomic mass is 16.3. The van der Waals surface area contributed by atoms with Crippen LogP contribution >= 0.6 is 0 Å². The number of benzene rings is 1. The predicted octanol–water partition coefficient (Wildman–Crippen LogP) is 2.44. The molecule has 0 saturated heterocycles. The second-order valence-electron chi connectivity index (χ2n) is 5.43. The lowest BCUT2D eigenvalue weighted by Crippen LogP contribution is -2.21. The van der Waals surface area contributed by atoms with Crippen LogP contribution in [0.4, 0.5) is 0 Å². The Balaban J connectivity index is 2.35. The summed E-state index contributed by atoms with van der Waals surface area (Å²) in [6.45, 7) is 4.99. The summed E-state index contributed by atoms with van der Waals surface area (Å²) in [6, 6.07) is 3.84. The zero-order chi connectivity index (χ0) is 17.1. The summed E-state index contributed by atoms with van der Waals surface area (Å²) < 4.78 is 0. The van der Waals surface area contributed by atoms with Crippen molar-refractivity contribution >= 4 is 23.1 Å². The van der Waals surface area contributed by atoms with E-state index in [1.54, 1.807) is 0 Å². The average molecular weight is 312 g/mol. The molecule has 0 aromatic heterocycles. The van der Waals surface area contributed by atoms with Crippen molar-refractivity contribution in [2.24, 2.45) is 5.92 Å². The van der Waals surface area contributed by atoms with Crippen molar-refractivity contribution in [3.8, 4) is 5.75 Å². The SMILES string of the molecule is C=C(C(=O)c1ccc(O)cc1C(C)=O)C1CCC(=O)C=CC1=O. The van der Waals surface area contributed by atoms with Crippen LogP contribution in [-0.4, -0.2) is 28.2 Å². The fourth-order valence-electron chi connectivity index (χ4n) is 2.50. The maximum absolute atomic E-state index is 12.6. The highest BCUT2D eigenvalue weighted by Gasteiger charge is 2.29. The van der Waals surface area contributed by atoms with Crippen LogP contribution in [-0.2, 0) is 9.59 Å². The monoisotopic (exact) mass is 312 g/mol. The van der Waals surface area contributed by atoms with E-state index in [-0.39, 0.29) is 52.6 Å². The Bertz CT molecular complexity index is 755. The summed E-state index contributed by atoms with van der Waals surface area (Å²) in [5.74, 6) is -2.33. The van der Waals surface area contributed by atoms with Gasteiger partial charge >= 0.3 is 0 Å². The fourth-order valence-corrected chi connectivity index (χ4v) is 2.50. The van der Waals surface area contributed by atoms with Crippen LogP contribution in [0.15, 0.2) is 42.5 Å². The molecule has 0 aliphatic heterocycles. The summed E-state index contributed by atoms with van der Waals surface area (Å²) >= 11 is 0. The Labute approximate surface area is 133 Å². The zero-order valence-corrected chi connectivity index (χ0v) is 12.7. The molecule has 1 aliphatic carbocycles. The van der Waals surface area contributed by atoms with Gasteiger partial charge in [0.15, 0.2) is 23.1 Å². The number of carbonyl (C=O) groups excluding carboxylic acids is 4. The van der Waals surface area contributed by atoms with Crippen molar-refractivity contribution in [3.63, 3.8) is 0 Å². The first kappa shape index (κ1) is 16.5. The van der Waals surface area contributed by atoms with E-state index in [1.165, 1.54) is 37.3 Å².